The maximum Gasteiger partial charge on any atom is 0.137 e. The predicted molar refractivity (Wildman–Crippen MR) is 84.3 cm³/mol. The summed E-state index contributed by atoms with van der Waals surface area (Å²) in [6.45, 7) is 0. The highest BCUT2D eigenvalue weighted by Gasteiger charge is 2.17. The number of benzene rings is 2. The number of rotatable bonds is 4. The zero-order chi connectivity index (χ0) is 14.7. The largest absolute Gasteiger partial charge is 0.271 e. The molecule has 0 amide bonds. The average molecular weight is 378 g/mol. The molecule has 0 heterocycles. The van der Waals surface area contributed by atoms with Crippen LogP contribution in [0.15, 0.2) is 40.9 Å². The van der Waals surface area contributed by atoms with Crippen LogP contribution < -0.4 is 11.3 Å². The highest BCUT2D eigenvalue weighted by atomic mass is 79.9. The van der Waals surface area contributed by atoms with Gasteiger partial charge in [-0.3, -0.25) is 11.3 Å². The van der Waals surface area contributed by atoms with E-state index < -0.39 is 0 Å². The Kier molecular flexibility index (Phi) is 5.41. The lowest BCUT2D eigenvalue weighted by atomic mass is 9.99. The van der Waals surface area contributed by atoms with E-state index in [0.29, 0.717) is 20.9 Å². The van der Waals surface area contributed by atoms with E-state index in [2.05, 4.69) is 21.4 Å². The normalized spacial score (nSPS) is 12.4. The van der Waals surface area contributed by atoms with Crippen LogP contribution in [0.25, 0.3) is 0 Å². The van der Waals surface area contributed by atoms with Crippen molar-refractivity contribution >= 4 is 39.1 Å². The molecule has 2 aromatic carbocycles. The monoisotopic (exact) mass is 376 g/mol. The summed E-state index contributed by atoms with van der Waals surface area (Å²) in [6.07, 6.45) is 0.498. The van der Waals surface area contributed by atoms with Crippen LogP contribution in [-0.4, -0.2) is 0 Å². The minimum atomic E-state index is -0.333. The molecule has 0 aliphatic rings. The quantitative estimate of drug-likeness (QED) is 0.601. The van der Waals surface area contributed by atoms with Crippen LogP contribution in [-0.2, 0) is 6.42 Å². The third-order valence-corrected chi connectivity index (χ3v) is 4.71. The van der Waals surface area contributed by atoms with Crippen molar-refractivity contribution in [3.8, 4) is 0 Å². The Morgan fingerprint density at radius 2 is 1.90 bits per heavy atom. The minimum Gasteiger partial charge on any atom is -0.271 e. The van der Waals surface area contributed by atoms with Crippen LogP contribution in [0.5, 0.6) is 0 Å². The summed E-state index contributed by atoms with van der Waals surface area (Å²) in [5, 5.41) is 0.972. The Labute approximate surface area is 135 Å². The van der Waals surface area contributed by atoms with Crippen molar-refractivity contribution < 1.29 is 4.39 Å². The molecular formula is C14H12BrCl2FN2. The lowest BCUT2D eigenvalue weighted by molar-refractivity contribution is 0.540. The highest BCUT2D eigenvalue weighted by molar-refractivity contribution is 9.10. The van der Waals surface area contributed by atoms with Gasteiger partial charge in [-0.15, -0.1) is 0 Å². The molecule has 20 heavy (non-hydrogen) atoms. The number of nitrogens with two attached hydrogens (primary N) is 1. The molecule has 0 saturated heterocycles. The SMILES string of the molecule is NNC(Cc1cccc(Cl)c1Cl)c1cccc(F)c1Br. The topological polar surface area (TPSA) is 38.0 Å². The summed E-state index contributed by atoms with van der Waals surface area (Å²) in [6, 6.07) is 9.94. The maximum absolute atomic E-state index is 13.6. The second kappa shape index (κ2) is 6.87. The van der Waals surface area contributed by atoms with E-state index in [9.17, 15) is 4.39 Å². The molecule has 2 nitrogen and oxygen atoms in total. The average Bonchev–Trinajstić information content (AvgIpc) is 2.44. The van der Waals surface area contributed by atoms with Crippen LogP contribution in [0.3, 0.4) is 0 Å². The van der Waals surface area contributed by atoms with E-state index in [-0.39, 0.29) is 11.9 Å². The molecular weight excluding hydrogens is 366 g/mol. The van der Waals surface area contributed by atoms with Crippen LogP contribution in [0, 0.1) is 5.82 Å². The Morgan fingerprint density at radius 3 is 2.60 bits per heavy atom. The zero-order valence-electron chi connectivity index (χ0n) is 10.3. The summed E-state index contributed by atoms with van der Waals surface area (Å²) in [4.78, 5) is 0. The molecule has 106 valence electrons. The van der Waals surface area contributed by atoms with Crippen molar-refractivity contribution in [3.63, 3.8) is 0 Å². The minimum absolute atomic E-state index is 0.281. The first-order valence-electron chi connectivity index (χ1n) is 5.87. The Bertz CT molecular complexity index is 622. The van der Waals surface area contributed by atoms with Gasteiger partial charge in [-0.2, -0.15) is 0 Å². The van der Waals surface area contributed by atoms with E-state index in [4.69, 9.17) is 29.0 Å². The second-order valence-corrected chi connectivity index (χ2v) is 5.86. The molecule has 0 aliphatic heterocycles. The zero-order valence-corrected chi connectivity index (χ0v) is 13.4. The van der Waals surface area contributed by atoms with Gasteiger partial charge in [0.1, 0.15) is 5.82 Å². The summed E-state index contributed by atoms with van der Waals surface area (Å²) < 4.78 is 14.0. The number of hydrazine groups is 1. The van der Waals surface area contributed by atoms with Gasteiger partial charge in [-0.05, 0) is 45.6 Å². The van der Waals surface area contributed by atoms with Gasteiger partial charge in [0.25, 0.3) is 0 Å². The predicted octanol–water partition coefficient (Wildman–Crippen LogP) is 4.64. The second-order valence-electron chi connectivity index (χ2n) is 4.28. The summed E-state index contributed by atoms with van der Waals surface area (Å²) >= 11 is 15.4. The highest BCUT2D eigenvalue weighted by Crippen LogP contribution is 2.32. The van der Waals surface area contributed by atoms with Gasteiger partial charge in [0.15, 0.2) is 0 Å². The molecule has 0 aromatic heterocycles. The molecule has 0 saturated carbocycles. The first kappa shape index (κ1) is 15.7. The molecule has 3 N–H and O–H groups in total. The van der Waals surface area contributed by atoms with Gasteiger partial charge in [-0.25, -0.2) is 4.39 Å². The van der Waals surface area contributed by atoms with Gasteiger partial charge in [-0.1, -0.05) is 47.5 Å². The van der Waals surface area contributed by atoms with Crippen molar-refractivity contribution in [1.82, 2.24) is 5.43 Å². The number of nitrogens with one attached hydrogen (secondary N) is 1. The van der Waals surface area contributed by atoms with Crippen molar-refractivity contribution in [2.75, 3.05) is 0 Å². The Balaban J connectivity index is 2.34. The van der Waals surface area contributed by atoms with E-state index >= 15 is 0 Å². The maximum atomic E-state index is 13.6. The smallest absolute Gasteiger partial charge is 0.137 e. The molecule has 2 rings (SSSR count). The third kappa shape index (κ3) is 3.32. The van der Waals surface area contributed by atoms with Gasteiger partial charge in [0.2, 0.25) is 0 Å². The Morgan fingerprint density at radius 1 is 1.20 bits per heavy atom. The van der Waals surface area contributed by atoms with E-state index in [0.717, 1.165) is 11.1 Å². The fourth-order valence-corrected chi connectivity index (χ4v) is 2.91. The lowest BCUT2D eigenvalue weighted by Crippen LogP contribution is -2.30. The third-order valence-electron chi connectivity index (χ3n) is 3.01. The first-order valence-corrected chi connectivity index (χ1v) is 7.42. The van der Waals surface area contributed by atoms with Gasteiger partial charge in [0.05, 0.1) is 20.6 Å². The van der Waals surface area contributed by atoms with E-state index in [1.165, 1.54) is 6.07 Å². The standard InChI is InChI=1S/C14H12BrCl2FN2/c15-13-9(4-2-6-11(13)18)12(20-19)7-8-3-1-5-10(16)14(8)17/h1-6,12,20H,7,19H2. The molecule has 0 fully saturated rings. The summed E-state index contributed by atoms with van der Waals surface area (Å²) in [5.41, 5.74) is 4.25. The van der Waals surface area contributed by atoms with Crippen LogP contribution in [0.1, 0.15) is 17.2 Å². The molecule has 1 unspecified atom stereocenters. The number of hydrogen-bond acceptors (Lipinski definition) is 2. The van der Waals surface area contributed by atoms with Crippen LogP contribution in [0.2, 0.25) is 10.0 Å². The number of halogens is 4. The lowest BCUT2D eigenvalue weighted by Gasteiger charge is -2.19. The molecule has 0 aliphatic carbocycles. The fourth-order valence-electron chi connectivity index (χ4n) is 1.97. The van der Waals surface area contributed by atoms with Crippen LogP contribution in [0.4, 0.5) is 4.39 Å². The number of hydrogen-bond donors (Lipinski definition) is 2. The van der Waals surface area contributed by atoms with Crippen molar-refractivity contribution in [2.45, 2.75) is 12.5 Å². The molecule has 0 spiro atoms. The molecule has 0 radical (unpaired) electrons. The molecule has 1 atom stereocenters. The molecule has 0 bridgehead atoms. The summed E-state index contributed by atoms with van der Waals surface area (Å²) in [7, 11) is 0. The van der Waals surface area contributed by atoms with Crippen molar-refractivity contribution in [3.05, 3.63) is 67.9 Å². The molecule has 6 heteroatoms. The van der Waals surface area contributed by atoms with Gasteiger partial charge < -0.3 is 0 Å². The Hall–Kier alpha value is -0.650. The van der Waals surface area contributed by atoms with Gasteiger partial charge >= 0.3 is 0 Å². The van der Waals surface area contributed by atoms with Crippen LogP contribution >= 0.6 is 39.1 Å². The van der Waals surface area contributed by atoms with Crippen molar-refractivity contribution in [2.24, 2.45) is 5.84 Å². The first-order chi connectivity index (χ1) is 9.54. The molecule has 2 aromatic rings. The van der Waals surface area contributed by atoms with E-state index in [1.807, 2.05) is 12.1 Å². The van der Waals surface area contributed by atoms with E-state index in [1.54, 1.807) is 18.2 Å². The fraction of sp³-hybridized carbons (Fsp3) is 0.143. The van der Waals surface area contributed by atoms with Gasteiger partial charge in [0, 0.05) is 0 Å². The van der Waals surface area contributed by atoms with Crippen molar-refractivity contribution in [1.29, 1.82) is 0 Å². The summed E-state index contributed by atoms with van der Waals surface area (Å²) in [5.74, 6) is 5.26.